The summed E-state index contributed by atoms with van der Waals surface area (Å²) in [6, 6.07) is 0.164. The van der Waals surface area contributed by atoms with E-state index in [2.05, 4.69) is 19.7 Å². The van der Waals surface area contributed by atoms with Crippen molar-refractivity contribution in [2.45, 2.75) is 39.2 Å². The number of carboxylic acid groups (broad SMARTS) is 1. The van der Waals surface area contributed by atoms with Gasteiger partial charge >= 0.3 is 5.97 Å². The van der Waals surface area contributed by atoms with Crippen LogP contribution in [-0.4, -0.2) is 31.5 Å². The molecule has 1 unspecified atom stereocenters. The lowest BCUT2D eigenvalue weighted by atomic mass is 10.1. The van der Waals surface area contributed by atoms with Gasteiger partial charge in [-0.1, -0.05) is 0 Å². The molecule has 7 heteroatoms. The Morgan fingerprint density at radius 1 is 1.53 bits per heavy atom. The van der Waals surface area contributed by atoms with Crippen molar-refractivity contribution in [1.82, 2.24) is 14.3 Å². The van der Waals surface area contributed by atoms with E-state index in [0.29, 0.717) is 6.42 Å². The van der Waals surface area contributed by atoms with Gasteiger partial charge in [0.15, 0.2) is 0 Å². The van der Waals surface area contributed by atoms with Gasteiger partial charge in [-0.3, -0.25) is 4.79 Å². The highest BCUT2D eigenvalue weighted by Crippen LogP contribution is 2.26. The molecular formula is C12H16N4O2S. The largest absolute Gasteiger partial charge is 0.481 e. The Morgan fingerprint density at radius 2 is 2.32 bits per heavy atom. The van der Waals surface area contributed by atoms with Crippen LogP contribution < -0.4 is 5.32 Å². The number of carboxylic acids is 1. The SMILES string of the molecule is Cc1nsc2ncnc(NC(C)CCCC(=O)O)c12. The molecule has 2 heterocycles. The second kappa shape index (κ2) is 5.92. The highest BCUT2D eigenvalue weighted by molar-refractivity contribution is 7.13. The lowest BCUT2D eigenvalue weighted by molar-refractivity contribution is -0.137. The third-order valence-electron chi connectivity index (χ3n) is 2.85. The Morgan fingerprint density at radius 3 is 3.05 bits per heavy atom. The van der Waals surface area contributed by atoms with Gasteiger partial charge in [-0.2, -0.15) is 4.37 Å². The molecule has 2 N–H and O–H groups in total. The molecule has 2 aromatic heterocycles. The fourth-order valence-corrected chi connectivity index (χ4v) is 2.64. The quantitative estimate of drug-likeness (QED) is 0.845. The van der Waals surface area contributed by atoms with Gasteiger partial charge in [0, 0.05) is 12.5 Å². The molecule has 0 bridgehead atoms. The number of aliphatic carboxylic acids is 1. The van der Waals surface area contributed by atoms with Crippen LogP contribution >= 0.6 is 11.5 Å². The van der Waals surface area contributed by atoms with E-state index < -0.39 is 5.97 Å². The van der Waals surface area contributed by atoms with Crippen LogP contribution in [-0.2, 0) is 4.79 Å². The molecule has 0 fully saturated rings. The van der Waals surface area contributed by atoms with Crippen molar-refractivity contribution in [2.75, 3.05) is 5.32 Å². The number of hydrogen-bond donors (Lipinski definition) is 2. The average Bonchev–Trinajstić information content (AvgIpc) is 2.72. The zero-order valence-electron chi connectivity index (χ0n) is 10.9. The summed E-state index contributed by atoms with van der Waals surface area (Å²) in [5.41, 5.74) is 0.917. The van der Waals surface area contributed by atoms with Crippen molar-refractivity contribution in [3.63, 3.8) is 0 Å². The molecule has 19 heavy (non-hydrogen) atoms. The predicted molar refractivity (Wildman–Crippen MR) is 74.5 cm³/mol. The maximum absolute atomic E-state index is 10.5. The van der Waals surface area contributed by atoms with Gasteiger partial charge in [0.05, 0.1) is 11.1 Å². The Bertz CT molecular complexity index is 584. The molecule has 0 aliphatic heterocycles. The second-order valence-corrected chi connectivity index (χ2v) is 5.25. The van der Waals surface area contributed by atoms with E-state index in [1.807, 2.05) is 13.8 Å². The minimum Gasteiger partial charge on any atom is -0.481 e. The number of carbonyl (C=O) groups is 1. The Labute approximate surface area is 115 Å². The number of nitrogens with zero attached hydrogens (tertiary/aromatic N) is 3. The van der Waals surface area contributed by atoms with E-state index >= 15 is 0 Å². The summed E-state index contributed by atoms with van der Waals surface area (Å²) >= 11 is 1.36. The van der Waals surface area contributed by atoms with E-state index in [-0.39, 0.29) is 12.5 Å². The number of hydrogen-bond acceptors (Lipinski definition) is 6. The molecule has 0 aliphatic carbocycles. The van der Waals surface area contributed by atoms with Gasteiger partial charge in [0.2, 0.25) is 0 Å². The normalized spacial score (nSPS) is 12.5. The molecule has 102 valence electrons. The number of fused-ring (bicyclic) bond motifs is 1. The standard InChI is InChI=1S/C12H16N4O2S/c1-7(4-3-5-9(17)18)15-11-10-8(2)16-19-12(10)14-6-13-11/h6-7H,3-5H2,1-2H3,(H,17,18)(H,13,14,15). The zero-order chi connectivity index (χ0) is 13.8. The van der Waals surface area contributed by atoms with Gasteiger partial charge in [-0.05, 0) is 38.2 Å². The van der Waals surface area contributed by atoms with Crippen LogP contribution in [0.3, 0.4) is 0 Å². The van der Waals surface area contributed by atoms with E-state index in [1.165, 1.54) is 17.9 Å². The van der Waals surface area contributed by atoms with E-state index in [9.17, 15) is 4.79 Å². The maximum Gasteiger partial charge on any atom is 0.303 e. The summed E-state index contributed by atoms with van der Waals surface area (Å²) in [7, 11) is 0. The Balaban J connectivity index is 2.04. The minimum atomic E-state index is -0.755. The van der Waals surface area contributed by atoms with Gasteiger partial charge in [0.25, 0.3) is 0 Å². The fourth-order valence-electron chi connectivity index (χ4n) is 1.90. The second-order valence-electron chi connectivity index (χ2n) is 4.50. The highest BCUT2D eigenvalue weighted by atomic mass is 32.1. The number of rotatable bonds is 6. The van der Waals surface area contributed by atoms with Crippen LogP contribution in [0.5, 0.6) is 0 Å². The molecule has 0 saturated heterocycles. The van der Waals surface area contributed by atoms with E-state index in [4.69, 9.17) is 5.11 Å². The molecule has 2 aromatic rings. The minimum absolute atomic E-state index is 0.164. The van der Waals surface area contributed by atoms with Crippen LogP contribution in [0.25, 0.3) is 10.2 Å². The van der Waals surface area contributed by atoms with Gasteiger partial charge in [-0.15, -0.1) is 0 Å². The molecule has 0 amide bonds. The topological polar surface area (TPSA) is 88.0 Å². The fraction of sp³-hybridized carbons (Fsp3) is 0.500. The van der Waals surface area contributed by atoms with Crippen molar-refractivity contribution in [3.8, 4) is 0 Å². The number of nitrogens with one attached hydrogen (secondary N) is 1. The Kier molecular flexibility index (Phi) is 4.26. The van der Waals surface area contributed by atoms with Crippen molar-refractivity contribution in [1.29, 1.82) is 0 Å². The van der Waals surface area contributed by atoms with Crippen LogP contribution in [0.2, 0.25) is 0 Å². The summed E-state index contributed by atoms with van der Waals surface area (Å²) in [5.74, 6) is 0.0218. The summed E-state index contributed by atoms with van der Waals surface area (Å²) < 4.78 is 4.27. The summed E-state index contributed by atoms with van der Waals surface area (Å²) in [5, 5.41) is 12.9. The van der Waals surface area contributed by atoms with Crippen molar-refractivity contribution in [2.24, 2.45) is 0 Å². The zero-order valence-corrected chi connectivity index (χ0v) is 11.7. The van der Waals surface area contributed by atoms with Crippen LogP contribution in [0.1, 0.15) is 31.9 Å². The number of aryl methyl sites for hydroxylation is 1. The monoisotopic (exact) mass is 280 g/mol. The van der Waals surface area contributed by atoms with Gasteiger partial charge in [-0.25, -0.2) is 9.97 Å². The summed E-state index contributed by atoms with van der Waals surface area (Å²) in [6.45, 7) is 3.95. The third-order valence-corrected chi connectivity index (χ3v) is 3.70. The molecular weight excluding hydrogens is 264 g/mol. The molecule has 6 nitrogen and oxygen atoms in total. The molecule has 0 spiro atoms. The third kappa shape index (κ3) is 3.37. The molecule has 1 atom stereocenters. The molecule has 0 saturated carbocycles. The first-order chi connectivity index (χ1) is 9.08. The molecule has 2 rings (SSSR count). The van der Waals surface area contributed by atoms with Crippen LogP contribution in [0.15, 0.2) is 6.33 Å². The van der Waals surface area contributed by atoms with Crippen LogP contribution in [0.4, 0.5) is 5.82 Å². The first-order valence-electron chi connectivity index (χ1n) is 6.13. The van der Waals surface area contributed by atoms with Gasteiger partial charge in [0.1, 0.15) is 17.0 Å². The Hall–Kier alpha value is -1.76. The van der Waals surface area contributed by atoms with Crippen molar-refractivity contribution < 1.29 is 9.90 Å². The number of aromatic nitrogens is 3. The van der Waals surface area contributed by atoms with E-state index in [0.717, 1.165) is 28.1 Å². The maximum atomic E-state index is 10.5. The first kappa shape index (κ1) is 13.7. The first-order valence-corrected chi connectivity index (χ1v) is 6.90. The van der Waals surface area contributed by atoms with Gasteiger partial charge < -0.3 is 10.4 Å². The number of anilines is 1. The van der Waals surface area contributed by atoms with E-state index in [1.54, 1.807) is 0 Å². The van der Waals surface area contributed by atoms with Crippen molar-refractivity contribution >= 4 is 33.5 Å². The lowest BCUT2D eigenvalue weighted by Crippen LogP contribution is -2.16. The summed E-state index contributed by atoms with van der Waals surface area (Å²) in [6.07, 6.45) is 3.16. The van der Waals surface area contributed by atoms with Crippen LogP contribution in [0, 0.1) is 6.92 Å². The average molecular weight is 280 g/mol. The molecule has 0 aliphatic rings. The molecule has 0 aromatic carbocycles. The lowest BCUT2D eigenvalue weighted by Gasteiger charge is -2.14. The van der Waals surface area contributed by atoms with Crippen molar-refractivity contribution in [3.05, 3.63) is 12.0 Å². The summed E-state index contributed by atoms with van der Waals surface area (Å²) in [4.78, 5) is 19.8. The predicted octanol–water partition coefficient (Wildman–Crippen LogP) is 2.45. The smallest absolute Gasteiger partial charge is 0.303 e. The molecule has 0 radical (unpaired) electrons. The highest BCUT2D eigenvalue weighted by Gasteiger charge is 2.12.